The zero-order chi connectivity index (χ0) is 31.9. The van der Waals surface area contributed by atoms with Gasteiger partial charge in [-0.05, 0) is 48.2 Å². The Labute approximate surface area is 257 Å². The molecule has 230 valence electrons. The van der Waals surface area contributed by atoms with E-state index in [9.17, 15) is 14.4 Å². The van der Waals surface area contributed by atoms with Gasteiger partial charge in [0, 0.05) is 39.5 Å². The first kappa shape index (κ1) is 32.1. The molecule has 3 N–H and O–H groups in total. The van der Waals surface area contributed by atoms with Crippen molar-refractivity contribution >= 4 is 28.5 Å². The van der Waals surface area contributed by atoms with Gasteiger partial charge < -0.3 is 25.4 Å². The summed E-state index contributed by atoms with van der Waals surface area (Å²) < 4.78 is 5.54. The van der Waals surface area contributed by atoms with Crippen LogP contribution in [-0.4, -0.2) is 70.4 Å². The average molecular weight is 597 g/mol. The molecule has 1 aromatic heterocycles. The Morgan fingerprint density at radius 3 is 2.30 bits per heavy atom. The van der Waals surface area contributed by atoms with Gasteiger partial charge in [0.15, 0.2) is 0 Å². The van der Waals surface area contributed by atoms with E-state index >= 15 is 0 Å². The molecule has 2 atom stereocenters. The average Bonchev–Trinajstić information content (AvgIpc) is 3.48. The van der Waals surface area contributed by atoms with Crippen LogP contribution in [0, 0.1) is 0 Å². The number of benzene rings is 3. The topological polar surface area (TPSA) is 135 Å². The molecule has 0 aliphatic heterocycles. The maximum atomic E-state index is 14.2. The summed E-state index contributed by atoms with van der Waals surface area (Å²) in [4.78, 5) is 47.0. The highest BCUT2D eigenvalue weighted by Crippen LogP contribution is 2.25. The summed E-state index contributed by atoms with van der Waals surface area (Å²) in [5.41, 5.74) is 7.40. The number of nitrogens with two attached hydrogens (primary N) is 1. The first-order valence-electron chi connectivity index (χ1n) is 14.5. The van der Waals surface area contributed by atoms with Gasteiger partial charge in [-0.1, -0.05) is 84.0 Å². The molecule has 0 bridgehead atoms. The van der Waals surface area contributed by atoms with E-state index in [-0.39, 0.29) is 24.0 Å². The number of hydrogen-bond acceptors (Lipinski definition) is 7. The molecule has 44 heavy (non-hydrogen) atoms. The highest BCUT2D eigenvalue weighted by Gasteiger charge is 2.33. The molecule has 0 aliphatic rings. The van der Waals surface area contributed by atoms with Crippen LogP contribution in [0.1, 0.15) is 53.9 Å². The second kappa shape index (κ2) is 14.1. The van der Waals surface area contributed by atoms with Crippen LogP contribution in [0.3, 0.4) is 0 Å². The Hall–Kier alpha value is -4.83. The summed E-state index contributed by atoms with van der Waals surface area (Å²) in [5, 5.41) is 8.90. The minimum absolute atomic E-state index is 0.0992. The van der Waals surface area contributed by atoms with Crippen molar-refractivity contribution in [2.75, 3.05) is 21.1 Å². The smallest absolute Gasteiger partial charge is 0.294 e. The summed E-state index contributed by atoms with van der Waals surface area (Å²) in [6, 6.07) is 21.9. The number of likely N-dealkylation sites (N-methyl/N-ethyl adjacent to an activating group) is 1. The van der Waals surface area contributed by atoms with Crippen LogP contribution >= 0.6 is 0 Å². The Balaban J connectivity index is 1.66. The van der Waals surface area contributed by atoms with Gasteiger partial charge in [0.2, 0.25) is 17.7 Å². The standard InChI is InChI=1S/C34H40N6O4/c1-34(2,35)19-11-16-29(41)36-27(21-24-17-18-25-14-9-10-15-26(25)20-24)32(42)40(5)28(22-23-12-7-6-8-13-23)31-37-30(38-44-31)33(43)39(3)4/h6-18,20,27-28H,19,21-22,35H2,1-5H3,(H,36,41). The van der Waals surface area contributed by atoms with Gasteiger partial charge in [0.25, 0.3) is 11.7 Å². The molecule has 1 heterocycles. The third-order valence-corrected chi connectivity index (χ3v) is 7.19. The lowest BCUT2D eigenvalue weighted by molar-refractivity contribution is -0.137. The van der Waals surface area contributed by atoms with Crippen LogP contribution in [0.2, 0.25) is 0 Å². The van der Waals surface area contributed by atoms with E-state index in [1.807, 2.05) is 86.6 Å². The molecule has 10 heteroatoms. The molecule has 0 spiro atoms. The van der Waals surface area contributed by atoms with Crippen molar-refractivity contribution in [3.8, 4) is 0 Å². The van der Waals surface area contributed by atoms with Crippen LogP contribution < -0.4 is 11.1 Å². The maximum Gasteiger partial charge on any atom is 0.294 e. The quantitative estimate of drug-likeness (QED) is 0.235. The fourth-order valence-corrected chi connectivity index (χ4v) is 4.78. The predicted octanol–water partition coefficient (Wildman–Crippen LogP) is 4.08. The molecule has 0 fully saturated rings. The van der Waals surface area contributed by atoms with E-state index < -0.39 is 29.4 Å². The van der Waals surface area contributed by atoms with Crippen molar-refractivity contribution in [1.82, 2.24) is 25.3 Å². The van der Waals surface area contributed by atoms with E-state index in [1.165, 1.54) is 15.9 Å². The maximum absolute atomic E-state index is 14.2. The van der Waals surface area contributed by atoms with E-state index in [1.54, 1.807) is 27.2 Å². The number of carbonyl (C=O) groups is 3. The Morgan fingerprint density at radius 1 is 0.932 bits per heavy atom. The summed E-state index contributed by atoms with van der Waals surface area (Å²) in [5.74, 6) is -1.15. The first-order chi connectivity index (χ1) is 20.9. The molecule has 10 nitrogen and oxygen atoms in total. The summed E-state index contributed by atoms with van der Waals surface area (Å²) >= 11 is 0. The number of rotatable bonds is 12. The highest BCUT2D eigenvalue weighted by molar-refractivity contribution is 5.93. The molecule has 2 unspecified atom stereocenters. The lowest BCUT2D eigenvalue weighted by atomic mass is 9.99. The molecule has 0 saturated carbocycles. The van der Waals surface area contributed by atoms with Gasteiger partial charge >= 0.3 is 0 Å². The number of nitrogens with zero attached hydrogens (tertiary/aromatic N) is 4. The van der Waals surface area contributed by atoms with Crippen molar-refractivity contribution in [3.63, 3.8) is 0 Å². The second-order valence-electron chi connectivity index (χ2n) is 11.9. The van der Waals surface area contributed by atoms with Crippen molar-refractivity contribution in [2.45, 2.75) is 50.7 Å². The molecular formula is C34H40N6O4. The third-order valence-electron chi connectivity index (χ3n) is 7.19. The largest absolute Gasteiger partial charge is 0.342 e. The van der Waals surface area contributed by atoms with Gasteiger partial charge in [-0.25, -0.2) is 0 Å². The van der Waals surface area contributed by atoms with E-state index in [0.29, 0.717) is 12.8 Å². The Kier molecular flexibility index (Phi) is 10.3. The molecule has 0 aliphatic carbocycles. The van der Waals surface area contributed by atoms with Gasteiger partial charge in [0.05, 0.1) is 0 Å². The van der Waals surface area contributed by atoms with Crippen LogP contribution in [0.5, 0.6) is 0 Å². The number of fused-ring (bicyclic) bond motifs is 1. The Bertz CT molecular complexity index is 1620. The normalized spacial score (nSPS) is 13.0. The van der Waals surface area contributed by atoms with E-state index in [2.05, 4.69) is 15.5 Å². The summed E-state index contributed by atoms with van der Waals surface area (Å²) in [6.45, 7) is 3.75. The number of carbonyl (C=O) groups excluding carboxylic acids is 3. The van der Waals surface area contributed by atoms with Crippen molar-refractivity contribution in [2.24, 2.45) is 5.73 Å². The lowest BCUT2D eigenvalue weighted by Gasteiger charge is -2.30. The minimum atomic E-state index is -0.909. The fraction of sp³-hybridized carbons (Fsp3) is 0.324. The van der Waals surface area contributed by atoms with Crippen LogP contribution in [0.15, 0.2) is 89.5 Å². The highest BCUT2D eigenvalue weighted by atomic mass is 16.5. The number of nitrogens with one attached hydrogen (secondary N) is 1. The first-order valence-corrected chi connectivity index (χ1v) is 14.5. The molecule has 4 rings (SSSR count). The van der Waals surface area contributed by atoms with Crippen molar-refractivity contribution in [3.05, 3.63) is 108 Å². The van der Waals surface area contributed by atoms with Gasteiger partial charge in [-0.15, -0.1) is 0 Å². The number of aromatic nitrogens is 2. The number of hydrogen-bond donors (Lipinski definition) is 2. The second-order valence-corrected chi connectivity index (χ2v) is 11.9. The van der Waals surface area contributed by atoms with E-state index in [0.717, 1.165) is 21.9 Å². The molecular weight excluding hydrogens is 556 g/mol. The monoisotopic (exact) mass is 596 g/mol. The zero-order valence-electron chi connectivity index (χ0n) is 25.9. The molecule has 3 amide bonds. The summed E-state index contributed by atoms with van der Waals surface area (Å²) in [7, 11) is 4.83. The molecule has 0 radical (unpaired) electrons. The van der Waals surface area contributed by atoms with Gasteiger partial charge in [0.1, 0.15) is 12.1 Å². The van der Waals surface area contributed by atoms with Crippen molar-refractivity contribution in [1.29, 1.82) is 0 Å². The molecule has 3 aromatic carbocycles. The zero-order valence-corrected chi connectivity index (χ0v) is 25.9. The minimum Gasteiger partial charge on any atom is -0.342 e. The Morgan fingerprint density at radius 2 is 1.61 bits per heavy atom. The lowest BCUT2D eigenvalue weighted by Crippen LogP contribution is -2.49. The van der Waals surface area contributed by atoms with Crippen LogP contribution in [0.4, 0.5) is 0 Å². The predicted molar refractivity (Wildman–Crippen MR) is 170 cm³/mol. The van der Waals surface area contributed by atoms with E-state index in [4.69, 9.17) is 10.3 Å². The van der Waals surface area contributed by atoms with Crippen molar-refractivity contribution < 1.29 is 18.9 Å². The molecule has 0 saturated heterocycles. The van der Waals surface area contributed by atoms with Crippen LogP contribution in [-0.2, 0) is 22.4 Å². The van der Waals surface area contributed by atoms with Gasteiger partial charge in [-0.3, -0.25) is 14.4 Å². The summed E-state index contributed by atoms with van der Waals surface area (Å²) in [6.07, 6.45) is 4.21. The molecule has 4 aromatic rings. The van der Waals surface area contributed by atoms with Crippen LogP contribution in [0.25, 0.3) is 10.8 Å². The fourth-order valence-electron chi connectivity index (χ4n) is 4.78. The number of amides is 3. The third kappa shape index (κ3) is 8.61. The SMILES string of the molecule is CN(C)C(=O)c1noc(C(Cc2ccccc2)N(C)C(=O)C(Cc2ccc3ccccc3c2)NC(=O)C=CCC(C)(C)N)n1. The van der Waals surface area contributed by atoms with Gasteiger partial charge in [-0.2, -0.15) is 4.98 Å².